The van der Waals surface area contributed by atoms with Crippen LogP contribution in [0.4, 0.5) is 0 Å². The minimum absolute atomic E-state index is 0.401. The van der Waals surface area contributed by atoms with Gasteiger partial charge in [0.15, 0.2) is 5.96 Å². The van der Waals surface area contributed by atoms with Gasteiger partial charge in [-0.2, -0.15) is 0 Å². The Kier molecular flexibility index (Phi) is 8.70. The van der Waals surface area contributed by atoms with Gasteiger partial charge in [-0.3, -0.25) is 4.90 Å². The highest BCUT2D eigenvalue weighted by Crippen LogP contribution is 2.25. The molecule has 0 bridgehead atoms. The number of para-hydroxylation sites is 2. The molecule has 0 amide bonds. The van der Waals surface area contributed by atoms with E-state index in [-0.39, 0.29) is 0 Å². The van der Waals surface area contributed by atoms with E-state index in [0.29, 0.717) is 25.6 Å². The van der Waals surface area contributed by atoms with Gasteiger partial charge in [-0.1, -0.05) is 36.4 Å². The summed E-state index contributed by atoms with van der Waals surface area (Å²) in [5, 5.41) is 17.4. The molecule has 1 saturated heterocycles. The molecule has 3 rings (SSSR count). The van der Waals surface area contributed by atoms with Crippen LogP contribution in [0.2, 0.25) is 0 Å². The highest BCUT2D eigenvalue weighted by molar-refractivity contribution is 5.79. The Morgan fingerprint density at radius 3 is 2.55 bits per heavy atom. The number of aliphatic imine (C=N–C) groups is 1. The molecule has 1 aliphatic rings. The van der Waals surface area contributed by atoms with Gasteiger partial charge in [0.05, 0.1) is 25.4 Å². The molecule has 0 radical (unpaired) electrons. The molecule has 0 aliphatic carbocycles. The molecule has 1 heterocycles. The third kappa shape index (κ3) is 7.86. The SMILES string of the molecule is CCNC(=NCc1ccccc1Oc1ccccc1)NCC(C)(O)CN1CCOCC1. The van der Waals surface area contributed by atoms with Crippen LogP contribution >= 0.6 is 0 Å². The van der Waals surface area contributed by atoms with Gasteiger partial charge in [0.25, 0.3) is 0 Å². The van der Waals surface area contributed by atoms with Crippen LogP contribution < -0.4 is 15.4 Å². The molecule has 2 aromatic rings. The Hall–Kier alpha value is -2.61. The quantitative estimate of drug-likeness (QED) is 0.423. The van der Waals surface area contributed by atoms with E-state index in [4.69, 9.17) is 14.5 Å². The number of guanidine groups is 1. The van der Waals surface area contributed by atoms with Crippen LogP contribution in [0.1, 0.15) is 19.4 Å². The van der Waals surface area contributed by atoms with E-state index in [1.807, 2.05) is 68.4 Å². The van der Waals surface area contributed by atoms with Crippen molar-refractivity contribution in [2.45, 2.75) is 26.0 Å². The molecule has 2 aromatic carbocycles. The van der Waals surface area contributed by atoms with E-state index in [0.717, 1.165) is 49.9 Å². The van der Waals surface area contributed by atoms with Crippen LogP contribution in [-0.4, -0.2) is 67.5 Å². The minimum Gasteiger partial charge on any atom is -0.457 e. The monoisotopic (exact) mass is 426 g/mol. The molecular weight excluding hydrogens is 392 g/mol. The van der Waals surface area contributed by atoms with Crippen molar-refractivity contribution in [2.24, 2.45) is 4.99 Å². The van der Waals surface area contributed by atoms with Crippen LogP contribution in [0.15, 0.2) is 59.6 Å². The molecule has 1 atom stereocenters. The molecule has 1 fully saturated rings. The lowest BCUT2D eigenvalue weighted by atomic mass is 10.1. The zero-order valence-electron chi connectivity index (χ0n) is 18.5. The van der Waals surface area contributed by atoms with E-state index >= 15 is 0 Å². The highest BCUT2D eigenvalue weighted by atomic mass is 16.5. The Labute approximate surface area is 185 Å². The summed E-state index contributed by atoms with van der Waals surface area (Å²) in [5.41, 5.74) is 0.116. The van der Waals surface area contributed by atoms with Gasteiger partial charge in [-0.05, 0) is 32.0 Å². The minimum atomic E-state index is -0.873. The summed E-state index contributed by atoms with van der Waals surface area (Å²) in [6.07, 6.45) is 0. The van der Waals surface area contributed by atoms with Gasteiger partial charge in [-0.15, -0.1) is 0 Å². The Morgan fingerprint density at radius 1 is 1.10 bits per heavy atom. The zero-order chi connectivity index (χ0) is 21.9. The van der Waals surface area contributed by atoms with Crippen LogP contribution in [0, 0.1) is 0 Å². The first-order chi connectivity index (χ1) is 15.1. The number of nitrogens with one attached hydrogen (secondary N) is 2. The number of β-amino-alcohol motifs (C(OH)–C–C–N with tert-alkyl or cyclic N) is 1. The second-order valence-electron chi connectivity index (χ2n) is 7.96. The van der Waals surface area contributed by atoms with Crippen molar-refractivity contribution in [1.82, 2.24) is 15.5 Å². The van der Waals surface area contributed by atoms with Crippen molar-refractivity contribution in [3.8, 4) is 11.5 Å². The van der Waals surface area contributed by atoms with Crippen molar-refractivity contribution in [3.05, 3.63) is 60.2 Å². The van der Waals surface area contributed by atoms with E-state index < -0.39 is 5.60 Å². The summed E-state index contributed by atoms with van der Waals surface area (Å²) < 4.78 is 11.4. The molecule has 1 unspecified atom stereocenters. The third-order valence-corrected chi connectivity index (χ3v) is 5.00. The maximum atomic E-state index is 10.8. The van der Waals surface area contributed by atoms with Crippen molar-refractivity contribution in [1.29, 1.82) is 0 Å². The van der Waals surface area contributed by atoms with Crippen LogP contribution in [0.5, 0.6) is 11.5 Å². The number of ether oxygens (including phenoxy) is 2. The van der Waals surface area contributed by atoms with E-state index in [1.165, 1.54) is 0 Å². The summed E-state index contributed by atoms with van der Waals surface area (Å²) in [7, 11) is 0. The maximum Gasteiger partial charge on any atom is 0.191 e. The summed E-state index contributed by atoms with van der Waals surface area (Å²) >= 11 is 0. The molecular formula is C24H34N4O3. The molecule has 3 N–H and O–H groups in total. The number of morpholine rings is 1. The second-order valence-corrected chi connectivity index (χ2v) is 7.96. The van der Waals surface area contributed by atoms with E-state index in [1.54, 1.807) is 0 Å². The first-order valence-electron chi connectivity index (χ1n) is 10.9. The second kappa shape index (κ2) is 11.7. The standard InChI is InChI=1S/C24H34N4O3/c1-3-25-23(27-18-24(2,29)19-28-13-15-30-16-14-28)26-17-20-9-7-8-12-22(20)31-21-10-5-4-6-11-21/h4-12,29H,3,13-19H2,1-2H3,(H2,25,26,27). The smallest absolute Gasteiger partial charge is 0.191 e. The summed E-state index contributed by atoms with van der Waals surface area (Å²) in [4.78, 5) is 6.93. The van der Waals surface area contributed by atoms with E-state index in [9.17, 15) is 5.11 Å². The van der Waals surface area contributed by atoms with Crippen LogP contribution in [-0.2, 0) is 11.3 Å². The van der Waals surface area contributed by atoms with Crippen molar-refractivity contribution >= 4 is 5.96 Å². The molecule has 31 heavy (non-hydrogen) atoms. The predicted molar refractivity (Wildman–Crippen MR) is 124 cm³/mol. The number of hydrogen-bond acceptors (Lipinski definition) is 5. The van der Waals surface area contributed by atoms with Gasteiger partial charge >= 0.3 is 0 Å². The fourth-order valence-corrected chi connectivity index (χ4v) is 3.43. The average Bonchev–Trinajstić information content (AvgIpc) is 2.78. The van der Waals surface area contributed by atoms with Gasteiger partial charge in [0.1, 0.15) is 11.5 Å². The lowest BCUT2D eigenvalue weighted by Gasteiger charge is -2.34. The fourth-order valence-electron chi connectivity index (χ4n) is 3.43. The largest absolute Gasteiger partial charge is 0.457 e. The summed E-state index contributed by atoms with van der Waals surface area (Å²) in [5.74, 6) is 2.25. The fraction of sp³-hybridized carbons (Fsp3) is 0.458. The topological polar surface area (TPSA) is 78.4 Å². The third-order valence-electron chi connectivity index (χ3n) is 5.00. The summed E-state index contributed by atoms with van der Waals surface area (Å²) in [6.45, 7) is 9.21. The normalized spacial score (nSPS) is 17.1. The number of benzene rings is 2. The van der Waals surface area contributed by atoms with Gasteiger partial charge in [0, 0.05) is 38.3 Å². The molecule has 7 heteroatoms. The molecule has 0 aromatic heterocycles. The Balaban J connectivity index is 1.60. The molecule has 7 nitrogen and oxygen atoms in total. The van der Waals surface area contributed by atoms with Crippen LogP contribution in [0.3, 0.4) is 0 Å². The lowest BCUT2D eigenvalue weighted by Crippen LogP contribution is -2.52. The first-order valence-corrected chi connectivity index (χ1v) is 10.9. The zero-order valence-corrected chi connectivity index (χ0v) is 18.5. The van der Waals surface area contributed by atoms with E-state index in [2.05, 4.69) is 15.5 Å². The Morgan fingerprint density at radius 2 is 1.81 bits per heavy atom. The number of hydrogen-bond donors (Lipinski definition) is 3. The number of rotatable bonds is 9. The molecule has 168 valence electrons. The molecule has 0 spiro atoms. The van der Waals surface area contributed by atoms with Gasteiger partial charge in [0.2, 0.25) is 0 Å². The van der Waals surface area contributed by atoms with Crippen LogP contribution in [0.25, 0.3) is 0 Å². The lowest BCUT2D eigenvalue weighted by molar-refractivity contribution is -0.0201. The van der Waals surface area contributed by atoms with Crippen molar-refractivity contribution in [2.75, 3.05) is 45.9 Å². The molecule has 1 aliphatic heterocycles. The predicted octanol–water partition coefficient (Wildman–Crippen LogP) is 2.62. The average molecular weight is 427 g/mol. The maximum absolute atomic E-state index is 10.8. The number of nitrogens with zero attached hydrogens (tertiary/aromatic N) is 2. The van der Waals surface area contributed by atoms with Gasteiger partial charge < -0.3 is 25.2 Å². The Bertz CT molecular complexity index is 821. The van der Waals surface area contributed by atoms with Crippen molar-refractivity contribution in [3.63, 3.8) is 0 Å². The number of aliphatic hydroxyl groups is 1. The first kappa shape index (κ1) is 23.1. The summed E-state index contributed by atoms with van der Waals surface area (Å²) in [6, 6.07) is 17.6. The molecule has 0 saturated carbocycles. The van der Waals surface area contributed by atoms with Gasteiger partial charge in [-0.25, -0.2) is 4.99 Å². The highest BCUT2D eigenvalue weighted by Gasteiger charge is 2.25. The van der Waals surface area contributed by atoms with Crippen molar-refractivity contribution < 1.29 is 14.6 Å².